The number of hydrogen-bond donors (Lipinski definition) is 1. The van der Waals surface area contributed by atoms with Gasteiger partial charge >= 0.3 is 0 Å². The lowest BCUT2D eigenvalue weighted by Crippen LogP contribution is -2.00. The molecule has 0 aliphatic rings. The van der Waals surface area contributed by atoms with Crippen molar-refractivity contribution in [2.45, 2.75) is 0 Å². The molecule has 0 aliphatic heterocycles. The lowest BCUT2D eigenvalue weighted by Gasteiger charge is -2.09. The first-order chi connectivity index (χ1) is 8.61. The lowest BCUT2D eigenvalue weighted by molar-refractivity contribution is 0.589. The van der Waals surface area contributed by atoms with Crippen LogP contribution in [0.4, 0.5) is 20.2 Å². The van der Waals surface area contributed by atoms with Crippen molar-refractivity contribution >= 4 is 27.3 Å². The minimum Gasteiger partial charge on any atom is -0.348 e. The molecule has 0 saturated carbocycles. The van der Waals surface area contributed by atoms with E-state index in [-0.39, 0.29) is 16.9 Å². The largest absolute Gasteiger partial charge is 0.348 e. The van der Waals surface area contributed by atoms with Crippen LogP contribution in [0.15, 0.2) is 35.1 Å². The number of nitrogens with one attached hydrogen (secondary N) is 1. The Morgan fingerprint density at radius 2 is 1.94 bits per heavy atom. The summed E-state index contributed by atoms with van der Waals surface area (Å²) in [6, 6.07) is 5.63. The van der Waals surface area contributed by atoms with Crippen LogP contribution >= 0.6 is 15.9 Å². The van der Waals surface area contributed by atoms with E-state index in [2.05, 4.69) is 26.2 Å². The Labute approximate surface area is 110 Å². The summed E-state index contributed by atoms with van der Waals surface area (Å²) >= 11 is 2.99. The zero-order valence-electron chi connectivity index (χ0n) is 8.92. The molecule has 1 aromatic carbocycles. The van der Waals surface area contributed by atoms with Gasteiger partial charge in [0.15, 0.2) is 11.6 Å². The third kappa shape index (κ3) is 2.46. The molecule has 2 aromatic rings. The van der Waals surface area contributed by atoms with Crippen molar-refractivity contribution in [2.24, 2.45) is 0 Å². The quantitative estimate of drug-likeness (QED) is 0.919. The Morgan fingerprint density at radius 1 is 1.28 bits per heavy atom. The van der Waals surface area contributed by atoms with E-state index in [1.165, 1.54) is 18.5 Å². The minimum atomic E-state index is -0.755. The normalized spacial score (nSPS) is 9.89. The molecule has 1 N–H and O–H groups in total. The molecule has 18 heavy (non-hydrogen) atoms. The number of hydrogen-bond acceptors (Lipinski definition) is 3. The predicted molar refractivity (Wildman–Crippen MR) is 66.3 cm³/mol. The highest BCUT2D eigenvalue weighted by molar-refractivity contribution is 9.10. The smallest absolute Gasteiger partial charge is 0.150 e. The van der Waals surface area contributed by atoms with E-state index in [4.69, 9.17) is 5.26 Å². The van der Waals surface area contributed by atoms with Crippen molar-refractivity contribution in [3.05, 3.63) is 52.3 Å². The SMILES string of the molecule is N#Cc1ccncc1Nc1c(F)cc(Br)cc1F. The van der Waals surface area contributed by atoms with E-state index < -0.39 is 11.6 Å². The third-order valence-corrected chi connectivity index (χ3v) is 2.67. The second-order valence-electron chi connectivity index (χ2n) is 3.40. The molecule has 0 amide bonds. The van der Waals surface area contributed by atoms with Gasteiger partial charge in [-0.05, 0) is 18.2 Å². The van der Waals surface area contributed by atoms with Gasteiger partial charge < -0.3 is 5.32 Å². The summed E-state index contributed by atoms with van der Waals surface area (Å²) in [6.07, 6.45) is 2.76. The molecule has 0 spiro atoms. The summed E-state index contributed by atoms with van der Waals surface area (Å²) in [7, 11) is 0. The molecule has 1 aromatic heterocycles. The highest BCUT2D eigenvalue weighted by Gasteiger charge is 2.12. The zero-order valence-corrected chi connectivity index (χ0v) is 10.5. The van der Waals surface area contributed by atoms with Gasteiger partial charge in [-0.3, -0.25) is 4.98 Å². The third-order valence-electron chi connectivity index (χ3n) is 2.21. The van der Waals surface area contributed by atoms with Gasteiger partial charge in [0.25, 0.3) is 0 Å². The molecule has 0 fully saturated rings. The molecule has 0 radical (unpaired) electrons. The predicted octanol–water partition coefficient (Wildman–Crippen LogP) is 3.74. The van der Waals surface area contributed by atoms with Crippen molar-refractivity contribution in [2.75, 3.05) is 5.32 Å². The maximum absolute atomic E-state index is 13.6. The van der Waals surface area contributed by atoms with Gasteiger partial charge in [-0.2, -0.15) is 5.26 Å². The van der Waals surface area contributed by atoms with E-state index in [9.17, 15) is 8.78 Å². The van der Waals surface area contributed by atoms with E-state index >= 15 is 0 Å². The molecule has 3 nitrogen and oxygen atoms in total. The number of anilines is 2. The summed E-state index contributed by atoms with van der Waals surface area (Å²) in [5.41, 5.74) is 0.189. The Hall–Kier alpha value is -2.00. The number of rotatable bonds is 2. The van der Waals surface area contributed by atoms with Crippen LogP contribution in [0.1, 0.15) is 5.56 Å². The molecule has 0 bridgehead atoms. The van der Waals surface area contributed by atoms with Gasteiger partial charge in [-0.1, -0.05) is 15.9 Å². The second kappa shape index (κ2) is 5.10. The Bertz CT molecular complexity index is 614. The van der Waals surface area contributed by atoms with Crippen molar-refractivity contribution in [3.8, 4) is 6.07 Å². The zero-order chi connectivity index (χ0) is 13.1. The summed E-state index contributed by atoms with van der Waals surface area (Å²) in [4.78, 5) is 3.80. The molecule has 0 aliphatic carbocycles. The fraction of sp³-hybridized carbons (Fsp3) is 0. The molecular weight excluding hydrogens is 304 g/mol. The van der Waals surface area contributed by atoms with E-state index in [1.54, 1.807) is 0 Å². The Morgan fingerprint density at radius 3 is 2.56 bits per heavy atom. The fourth-order valence-electron chi connectivity index (χ4n) is 1.39. The van der Waals surface area contributed by atoms with Gasteiger partial charge in [0.1, 0.15) is 11.8 Å². The summed E-state index contributed by atoms with van der Waals surface area (Å²) in [6.45, 7) is 0. The van der Waals surface area contributed by atoms with E-state index in [0.717, 1.165) is 12.1 Å². The molecule has 1 heterocycles. The van der Waals surface area contributed by atoms with Crippen molar-refractivity contribution in [1.29, 1.82) is 5.26 Å². The molecule has 0 unspecified atom stereocenters. The first-order valence-corrected chi connectivity index (χ1v) is 5.67. The number of pyridine rings is 1. The van der Waals surface area contributed by atoms with Crippen LogP contribution in [0.2, 0.25) is 0 Å². The van der Waals surface area contributed by atoms with Crippen LogP contribution in [0.3, 0.4) is 0 Å². The standard InChI is InChI=1S/C12H6BrF2N3/c13-8-3-9(14)12(10(15)4-8)18-11-6-17-2-1-7(11)5-16/h1-4,6,18H. The van der Waals surface area contributed by atoms with Crippen LogP contribution in [-0.4, -0.2) is 4.98 Å². The van der Waals surface area contributed by atoms with Crippen molar-refractivity contribution < 1.29 is 8.78 Å². The van der Waals surface area contributed by atoms with Crippen molar-refractivity contribution in [3.63, 3.8) is 0 Å². The van der Waals surface area contributed by atoms with Crippen LogP contribution in [0.25, 0.3) is 0 Å². The fourth-order valence-corrected chi connectivity index (χ4v) is 1.79. The average Bonchev–Trinajstić information content (AvgIpc) is 2.34. The average molecular weight is 310 g/mol. The van der Waals surface area contributed by atoms with E-state index in [0.29, 0.717) is 4.47 Å². The Balaban J connectivity index is 2.44. The topological polar surface area (TPSA) is 48.7 Å². The maximum atomic E-state index is 13.6. The van der Waals surface area contributed by atoms with Gasteiger partial charge in [0, 0.05) is 10.7 Å². The van der Waals surface area contributed by atoms with Gasteiger partial charge in [-0.15, -0.1) is 0 Å². The molecule has 6 heteroatoms. The first-order valence-electron chi connectivity index (χ1n) is 4.87. The number of nitrogens with zero attached hydrogens (tertiary/aromatic N) is 2. The van der Waals surface area contributed by atoms with Crippen molar-refractivity contribution in [1.82, 2.24) is 4.98 Å². The molecule has 0 saturated heterocycles. The van der Waals surface area contributed by atoms with Crippen LogP contribution < -0.4 is 5.32 Å². The summed E-state index contributed by atoms with van der Waals surface area (Å²) in [5.74, 6) is -1.51. The summed E-state index contributed by atoms with van der Waals surface area (Å²) < 4.78 is 27.5. The number of benzene rings is 1. The number of aromatic nitrogens is 1. The van der Waals surface area contributed by atoms with Crippen LogP contribution in [0.5, 0.6) is 0 Å². The first kappa shape index (κ1) is 12.5. The van der Waals surface area contributed by atoms with Crippen LogP contribution in [0, 0.1) is 23.0 Å². The number of nitriles is 1. The van der Waals surface area contributed by atoms with Crippen LogP contribution in [-0.2, 0) is 0 Å². The molecule has 90 valence electrons. The molecule has 0 atom stereocenters. The van der Waals surface area contributed by atoms with Gasteiger partial charge in [-0.25, -0.2) is 8.78 Å². The Kier molecular flexibility index (Phi) is 3.53. The van der Waals surface area contributed by atoms with E-state index in [1.807, 2.05) is 6.07 Å². The maximum Gasteiger partial charge on any atom is 0.150 e. The minimum absolute atomic E-state index is 0.250. The number of halogens is 3. The highest BCUT2D eigenvalue weighted by atomic mass is 79.9. The van der Waals surface area contributed by atoms with Gasteiger partial charge in [0.05, 0.1) is 17.4 Å². The monoisotopic (exact) mass is 309 g/mol. The second-order valence-corrected chi connectivity index (χ2v) is 4.32. The highest BCUT2D eigenvalue weighted by Crippen LogP contribution is 2.27. The van der Waals surface area contributed by atoms with Gasteiger partial charge in [0.2, 0.25) is 0 Å². The molecule has 2 rings (SSSR count). The summed E-state index contributed by atoms with van der Waals surface area (Å²) in [5, 5.41) is 11.4. The molecular formula is C12H6BrF2N3. The lowest BCUT2D eigenvalue weighted by atomic mass is 10.2.